The number of anilines is 2. The molecule has 0 radical (unpaired) electrons. The minimum absolute atomic E-state index is 0.275. The molecule has 0 amide bonds. The largest absolute Gasteiger partial charge is 0.330 e. The quantitative estimate of drug-likeness (QED) is 0.668. The molecule has 1 aromatic carbocycles. The molecule has 1 N–H and O–H groups in total. The Morgan fingerprint density at radius 1 is 1.18 bits per heavy atom. The summed E-state index contributed by atoms with van der Waals surface area (Å²) >= 11 is 7.04. The first-order valence-electron chi connectivity index (χ1n) is 6.33. The van der Waals surface area contributed by atoms with Gasteiger partial charge >= 0.3 is 0 Å². The molecule has 2 aromatic heterocycles. The molecule has 0 aliphatic carbocycles. The van der Waals surface area contributed by atoms with Crippen LogP contribution in [0.15, 0.2) is 35.8 Å². The van der Waals surface area contributed by atoms with Crippen LogP contribution >= 0.6 is 22.9 Å². The van der Waals surface area contributed by atoms with Crippen LogP contribution < -0.4 is 5.32 Å². The fraction of sp³-hybridized carbons (Fsp3) is 0.0667. The summed E-state index contributed by atoms with van der Waals surface area (Å²) in [4.78, 5) is 8.27. The predicted octanol–water partition coefficient (Wildman–Crippen LogP) is 5.19. The van der Waals surface area contributed by atoms with Gasteiger partial charge in [-0.15, -0.1) is 11.3 Å². The first-order valence-corrected chi connectivity index (χ1v) is 7.59. The van der Waals surface area contributed by atoms with Crippen molar-refractivity contribution in [2.24, 2.45) is 0 Å². The highest BCUT2D eigenvalue weighted by Crippen LogP contribution is 2.30. The zero-order valence-electron chi connectivity index (χ0n) is 11.4. The van der Waals surface area contributed by atoms with Crippen LogP contribution in [0.4, 0.5) is 19.6 Å². The van der Waals surface area contributed by atoms with Gasteiger partial charge in [-0.1, -0.05) is 11.6 Å². The van der Waals surface area contributed by atoms with Gasteiger partial charge in [0.25, 0.3) is 0 Å². The lowest BCUT2D eigenvalue weighted by atomic mass is 10.1. The van der Waals surface area contributed by atoms with E-state index in [9.17, 15) is 8.78 Å². The molecular weight excluding hydrogens is 328 g/mol. The monoisotopic (exact) mass is 337 g/mol. The normalized spacial score (nSPS) is 10.7. The maximum atomic E-state index is 13.9. The molecule has 0 spiro atoms. The minimum Gasteiger partial charge on any atom is -0.330 e. The summed E-state index contributed by atoms with van der Waals surface area (Å²) in [6.45, 7) is 1.59. The highest BCUT2D eigenvalue weighted by molar-refractivity contribution is 7.14. The van der Waals surface area contributed by atoms with Gasteiger partial charge < -0.3 is 5.32 Å². The van der Waals surface area contributed by atoms with Crippen molar-refractivity contribution in [2.45, 2.75) is 6.92 Å². The van der Waals surface area contributed by atoms with Crippen LogP contribution in [0, 0.1) is 18.6 Å². The third kappa shape index (κ3) is 3.08. The number of aryl methyl sites for hydroxylation is 1. The fourth-order valence-electron chi connectivity index (χ4n) is 1.88. The Hall–Kier alpha value is -2.05. The summed E-state index contributed by atoms with van der Waals surface area (Å²) in [5.41, 5.74) is 1.83. The molecule has 0 atom stereocenters. The number of rotatable bonds is 3. The smallest absolute Gasteiger partial charge is 0.187 e. The van der Waals surface area contributed by atoms with Gasteiger partial charge in [-0.2, -0.15) is 0 Å². The lowest BCUT2D eigenvalue weighted by Gasteiger charge is -2.03. The summed E-state index contributed by atoms with van der Waals surface area (Å²) < 4.78 is 27.2. The molecule has 3 rings (SSSR count). The highest BCUT2D eigenvalue weighted by Gasteiger charge is 2.12. The number of aromatic nitrogens is 2. The molecule has 3 nitrogen and oxygen atoms in total. The average molecular weight is 338 g/mol. The number of pyridine rings is 1. The third-order valence-corrected chi connectivity index (χ3v) is 3.99. The Kier molecular flexibility index (Phi) is 4.04. The van der Waals surface area contributed by atoms with Crippen LogP contribution in [0.5, 0.6) is 0 Å². The lowest BCUT2D eigenvalue weighted by Crippen LogP contribution is -1.92. The van der Waals surface area contributed by atoms with Crippen LogP contribution in [0.2, 0.25) is 5.15 Å². The Bertz CT molecular complexity index is 818. The van der Waals surface area contributed by atoms with Gasteiger partial charge in [-0.3, -0.25) is 0 Å². The van der Waals surface area contributed by atoms with E-state index in [1.54, 1.807) is 30.6 Å². The number of thiazole rings is 1. The molecule has 0 bridgehead atoms. The van der Waals surface area contributed by atoms with Crippen LogP contribution in [-0.2, 0) is 0 Å². The maximum Gasteiger partial charge on any atom is 0.187 e. The van der Waals surface area contributed by atoms with Crippen molar-refractivity contribution in [1.29, 1.82) is 0 Å². The molecular formula is C15H10ClF2N3S. The summed E-state index contributed by atoms with van der Waals surface area (Å²) in [6.07, 6.45) is 1.58. The fourth-order valence-corrected chi connectivity index (χ4v) is 2.72. The standard InChI is InChI=1S/C15H10ClF2N3S/c1-8-4-10(12(18)5-11(8)17)13-7-22-15(21-13)20-9-2-3-14(16)19-6-9/h2-7H,1H3,(H,20,21). The van der Waals surface area contributed by atoms with E-state index in [1.165, 1.54) is 17.4 Å². The third-order valence-electron chi connectivity index (χ3n) is 3.01. The highest BCUT2D eigenvalue weighted by atomic mass is 35.5. The molecule has 3 aromatic rings. The van der Waals surface area contributed by atoms with E-state index in [1.807, 2.05) is 0 Å². The van der Waals surface area contributed by atoms with Gasteiger partial charge in [0, 0.05) is 17.0 Å². The van der Waals surface area contributed by atoms with Gasteiger partial charge in [0.05, 0.1) is 17.6 Å². The first-order chi connectivity index (χ1) is 10.5. The van der Waals surface area contributed by atoms with Gasteiger partial charge in [0.2, 0.25) is 0 Å². The summed E-state index contributed by atoms with van der Waals surface area (Å²) in [6, 6.07) is 5.74. The molecule has 2 heterocycles. The number of hydrogen-bond acceptors (Lipinski definition) is 4. The van der Waals surface area contributed by atoms with E-state index in [2.05, 4.69) is 15.3 Å². The number of benzene rings is 1. The second-order valence-electron chi connectivity index (χ2n) is 4.61. The van der Waals surface area contributed by atoms with Crippen molar-refractivity contribution >= 4 is 33.8 Å². The van der Waals surface area contributed by atoms with Crippen LogP contribution in [0.1, 0.15) is 5.56 Å². The molecule has 112 valence electrons. The Morgan fingerprint density at radius 3 is 2.73 bits per heavy atom. The summed E-state index contributed by atoms with van der Waals surface area (Å²) in [7, 11) is 0. The molecule has 0 saturated heterocycles. The number of halogens is 3. The van der Waals surface area contributed by atoms with Crippen molar-refractivity contribution in [3.63, 3.8) is 0 Å². The van der Waals surface area contributed by atoms with Crippen molar-refractivity contribution < 1.29 is 8.78 Å². The molecule has 0 saturated carbocycles. The van der Waals surface area contributed by atoms with Crippen molar-refractivity contribution in [2.75, 3.05) is 5.32 Å². The minimum atomic E-state index is -0.631. The Balaban J connectivity index is 1.87. The Labute approximate surface area is 134 Å². The van der Waals surface area contributed by atoms with E-state index >= 15 is 0 Å². The van der Waals surface area contributed by atoms with Gasteiger partial charge in [0.15, 0.2) is 5.13 Å². The molecule has 0 unspecified atom stereocenters. The Morgan fingerprint density at radius 2 is 2.00 bits per heavy atom. The van der Waals surface area contributed by atoms with E-state index in [4.69, 9.17) is 11.6 Å². The summed E-state index contributed by atoms with van der Waals surface area (Å²) in [5.74, 6) is -1.20. The van der Waals surface area contributed by atoms with Gasteiger partial charge in [0.1, 0.15) is 16.8 Å². The van der Waals surface area contributed by atoms with E-state index in [0.29, 0.717) is 21.5 Å². The molecule has 0 aliphatic rings. The van der Waals surface area contributed by atoms with E-state index < -0.39 is 11.6 Å². The molecule has 7 heteroatoms. The van der Waals surface area contributed by atoms with Crippen molar-refractivity contribution in [3.05, 3.63) is 58.2 Å². The van der Waals surface area contributed by atoms with Crippen molar-refractivity contribution in [3.8, 4) is 11.3 Å². The first kappa shape index (κ1) is 14.9. The number of hydrogen-bond donors (Lipinski definition) is 1. The lowest BCUT2D eigenvalue weighted by molar-refractivity contribution is 0.579. The number of nitrogens with one attached hydrogen (secondary N) is 1. The SMILES string of the molecule is Cc1cc(-c2csc(Nc3ccc(Cl)nc3)n2)c(F)cc1F. The van der Waals surface area contributed by atoms with Gasteiger partial charge in [-0.05, 0) is 30.7 Å². The second-order valence-corrected chi connectivity index (χ2v) is 5.86. The molecule has 0 fully saturated rings. The van der Waals surface area contributed by atoms with E-state index in [-0.39, 0.29) is 5.56 Å². The van der Waals surface area contributed by atoms with Crippen molar-refractivity contribution in [1.82, 2.24) is 9.97 Å². The van der Waals surface area contributed by atoms with Crippen LogP contribution in [0.25, 0.3) is 11.3 Å². The topological polar surface area (TPSA) is 37.8 Å². The zero-order valence-corrected chi connectivity index (χ0v) is 13.0. The molecule has 0 aliphatic heterocycles. The predicted molar refractivity (Wildman–Crippen MR) is 84.7 cm³/mol. The maximum absolute atomic E-state index is 13.9. The van der Waals surface area contributed by atoms with Gasteiger partial charge in [-0.25, -0.2) is 18.7 Å². The van der Waals surface area contributed by atoms with Crippen LogP contribution in [0.3, 0.4) is 0 Å². The van der Waals surface area contributed by atoms with E-state index in [0.717, 1.165) is 11.8 Å². The zero-order chi connectivity index (χ0) is 15.7. The van der Waals surface area contributed by atoms with Crippen LogP contribution in [-0.4, -0.2) is 9.97 Å². The second kappa shape index (κ2) is 5.98. The summed E-state index contributed by atoms with van der Waals surface area (Å²) in [5, 5.41) is 5.75. The average Bonchev–Trinajstić information content (AvgIpc) is 2.93. The number of nitrogens with zero attached hydrogens (tertiary/aromatic N) is 2. The molecule has 22 heavy (non-hydrogen) atoms.